The number of alkyl halides is 3. The van der Waals surface area contributed by atoms with E-state index in [4.69, 9.17) is 10.5 Å². The Morgan fingerprint density at radius 1 is 1.53 bits per heavy atom. The zero-order chi connectivity index (χ0) is 14.2. The lowest BCUT2D eigenvalue weighted by atomic mass is 10.0. The highest BCUT2D eigenvalue weighted by Crippen LogP contribution is 2.29. The summed E-state index contributed by atoms with van der Waals surface area (Å²) in [6.45, 7) is 3.22. The van der Waals surface area contributed by atoms with Gasteiger partial charge in [0.25, 0.3) is 5.91 Å². The number of hydrogen-bond donors (Lipinski definition) is 1. The fourth-order valence-corrected chi connectivity index (χ4v) is 2.42. The van der Waals surface area contributed by atoms with Gasteiger partial charge < -0.3 is 10.5 Å². The molecule has 0 radical (unpaired) electrons. The third kappa shape index (κ3) is 3.06. The minimum absolute atomic E-state index is 0.370. The number of amides is 1. The van der Waals surface area contributed by atoms with Gasteiger partial charge in [0.1, 0.15) is 0 Å². The molecule has 108 valence electrons. The molecule has 1 amide bonds. The second kappa shape index (κ2) is 5.09. The number of carbonyl (C=O) groups excluding carboxylic acids is 1. The summed E-state index contributed by atoms with van der Waals surface area (Å²) in [5.74, 6) is -0.793. The fourth-order valence-electron chi connectivity index (χ4n) is 2.42. The predicted octanol–water partition coefficient (Wildman–Crippen LogP) is 0.889. The normalized spacial score (nSPS) is 33.3. The average molecular weight is 279 g/mol. The topological polar surface area (TPSA) is 67.9 Å². The number of nitrogens with two attached hydrogens (primary N) is 1. The van der Waals surface area contributed by atoms with Crippen molar-refractivity contribution in [3.63, 3.8) is 0 Å². The molecule has 8 heteroatoms. The quantitative estimate of drug-likeness (QED) is 0.816. The van der Waals surface area contributed by atoms with Gasteiger partial charge in [0.15, 0.2) is 11.8 Å². The number of likely N-dealkylation sites (tertiary alicyclic amines) is 1. The number of aliphatic imine (C=N–C) groups is 1. The molecular weight excluding hydrogens is 263 g/mol. The molecule has 2 rings (SSSR count). The van der Waals surface area contributed by atoms with E-state index in [1.165, 1.54) is 0 Å². The molecule has 1 saturated heterocycles. The van der Waals surface area contributed by atoms with Gasteiger partial charge in [-0.15, -0.1) is 0 Å². The Morgan fingerprint density at radius 3 is 2.68 bits per heavy atom. The molecule has 0 aromatic carbocycles. The van der Waals surface area contributed by atoms with Crippen molar-refractivity contribution in [2.75, 3.05) is 13.1 Å². The van der Waals surface area contributed by atoms with Gasteiger partial charge in [-0.25, -0.2) is 4.99 Å². The summed E-state index contributed by atoms with van der Waals surface area (Å²) in [7, 11) is 0. The van der Waals surface area contributed by atoms with Crippen molar-refractivity contribution in [2.45, 2.75) is 38.4 Å². The van der Waals surface area contributed by atoms with E-state index in [0.29, 0.717) is 19.0 Å². The van der Waals surface area contributed by atoms with Crippen LogP contribution in [0.3, 0.4) is 0 Å². The average Bonchev–Trinajstić information content (AvgIpc) is 2.73. The van der Waals surface area contributed by atoms with Crippen molar-refractivity contribution in [3.05, 3.63) is 0 Å². The van der Waals surface area contributed by atoms with Crippen LogP contribution in [0.15, 0.2) is 4.99 Å². The Hall–Kier alpha value is -1.15. The SMILES string of the molecule is CC1CCCN(C2N=C(C(F)(F)F)C(C(N)=O)O2)C1. The van der Waals surface area contributed by atoms with Crippen LogP contribution in [-0.2, 0) is 9.53 Å². The number of rotatable bonds is 2. The third-order valence-corrected chi connectivity index (χ3v) is 3.31. The van der Waals surface area contributed by atoms with E-state index < -0.39 is 30.3 Å². The Bertz CT molecular complexity index is 397. The van der Waals surface area contributed by atoms with Gasteiger partial charge in [-0.2, -0.15) is 13.2 Å². The van der Waals surface area contributed by atoms with Crippen LogP contribution in [0, 0.1) is 5.92 Å². The van der Waals surface area contributed by atoms with E-state index >= 15 is 0 Å². The molecule has 3 unspecified atom stereocenters. The smallest absolute Gasteiger partial charge is 0.367 e. The van der Waals surface area contributed by atoms with E-state index in [0.717, 1.165) is 12.8 Å². The first-order valence-electron chi connectivity index (χ1n) is 6.12. The highest BCUT2D eigenvalue weighted by atomic mass is 19.4. The number of ether oxygens (including phenoxy) is 1. The molecule has 0 spiro atoms. The Balaban J connectivity index is 2.16. The maximum Gasteiger partial charge on any atom is 0.432 e. The van der Waals surface area contributed by atoms with Crippen LogP contribution in [0.5, 0.6) is 0 Å². The minimum atomic E-state index is -4.70. The van der Waals surface area contributed by atoms with Crippen LogP contribution in [0.1, 0.15) is 19.8 Å². The Kier molecular flexibility index (Phi) is 3.82. The molecule has 5 nitrogen and oxygen atoms in total. The van der Waals surface area contributed by atoms with Crippen molar-refractivity contribution in [2.24, 2.45) is 16.6 Å². The largest absolute Gasteiger partial charge is 0.432 e. The number of carbonyl (C=O) groups is 1. The van der Waals surface area contributed by atoms with Gasteiger partial charge in [-0.05, 0) is 18.8 Å². The van der Waals surface area contributed by atoms with E-state index in [1.807, 2.05) is 6.92 Å². The number of primary amides is 1. The Labute approximate surface area is 108 Å². The van der Waals surface area contributed by atoms with Crippen LogP contribution in [0.2, 0.25) is 0 Å². The molecular formula is C11H16F3N3O2. The summed E-state index contributed by atoms with van der Waals surface area (Å²) in [5.41, 5.74) is 3.71. The summed E-state index contributed by atoms with van der Waals surface area (Å²) in [5, 5.41) is 0. The summed E-state index contributed by atoms with van der Waals surface area (Å²) in [6.07, 6.45) is -5.66. The lowest BCUT2D eigenvalue weighted by molar-refractivity contribution is -0.136. The maximum atomic E-state index is 12.8. The van der Waals surface area contributed by atoms with E-state index in [1.54, 1.807) is 4.90 Å². The third-order valence-electron chi connectivity index (χ3n) is 3.31. The molecule has 0 aromatic rings. The molecule has 3 atom stereocenters. The van der Waals surface area contributed by atoms with Crippen molar-refractivity contribution >= 4 is 11.6 Å². The number of piperidine rings is 1. The molecule has 0 bridgehead atoms. The van der Waals surface area contributed by atoms with Gasteiger partial charge in [-0.3, -0.25) is 9.69 Å². The molecule has 0 aromatic heterocycles. The van der Waals surface area contributed by atoms with Crippen LogP contribution in [0.4, 0.5) is 13.2 Å². The zero-order valence-corrected chi connectivity index (χ0v) is 10.5. The van der Waals surface area contributed by atoms with Gasteiger partial charge in [0.05, 0.1) is 0 Å². The predicted molar refractivity (Wildman–Crippen MR) is 61.3 cm³/mol. The van der Waals surface area contributed by atoms with Gasteiger partial charge in [-0.1, -0.05) is 6.92 Å². The first-order valence-corrected chi connectivity index (χ1v) is 6.12. The highest BCUT2D eigenvalue weighted by molar-refractivity contribution is 6.10. The van der Waals surface area contributed by atoms with Crippen molar-refractivity contribution in [1.29, 1.82) is 0 Å². The summed E-state index contributed by atoms with van der Waals surface area (Å²) < 4.78 is 43.3. The summed E-state index contributed by atoms with van der Waals surface area (Å²) in [4.78, 5) is 16.3. The molecule has 0 saturated carbocycles. The van der Waals surface area contributed by atoms with Crippen molar-refractivity contribution < 1.29 is 22.7 Å². The lowest BCUT2D eigenvalue weighted by Gasteiger charge is -2.33. The van der Waals surface area contributed by atoms with E-state index in [2.05, 4.69) is 4.99 Å². The van der Waals surface area contributed by atoms with Gasteiger partial charge >= 0.3 is 6.18 Å². The number of hydrogen-bond acceptors (Lipinski definition) is 4. The molecule has 2 aliphatic rings. The van der Waals surface area contributed by atoms with Crippen LogP contribution >= 0.6 is 0 Å². The Morgan fingerprint density at radius 2 is 2.21 bits per heavy atom. The van der Waals surface area contributed by atoms with E-state index in [-0.39, 0.29) is 0 Å². The van der Waals surface area contributed by atoms with Gasteiger partial charge in [0.2, 0.25) is 6.35 Å². The second-order valence-electron chi connectivity index (χ2n) is 5.00. The molecule has 19 heavy (non-hydrogen) atoms. The summed E-state index contributed by atoms with van der Waals surface area (Å²) >= 11 is 0. The fraction of sp³-hybridized carbons (Fsp3) is 0.818. The highest BCUT2D eigenvalue weighted by Gasteiger charge is 2.49. The molecule has 1 fully saturated rings. The minimum Gasteiger partial charge on any atom is -0.367 e. The molecule has 2 aliphatic heterocycles. The maximum absolute atomic E-state index is 12.8. The van der Waals surface area contributed by atoms with E-state index in [9.17, 15) is 18.0 Å². The lowest BCUT2D eigenvalue weighted by Crippen LogP contribution is -2.45. The number of halogens is 3. The first kappa shape index (κ1) is 14.3. The second-order valence-corrected chi connectivity index (χ2v) is 5.00. The van der Waals surface area contributed by atoms with Crippen molar-refractivity contribution in [1.82, 2.24) is 4.90 Å². The van der Waals surface area contributed by atoms with Crippen LogP contribution in [-0.4, -0.2) is 48.2 Å². The van der Waals surface area contributed by atoms with Crippen LogP contribution in [0.25, 0.3) is 0 Å². The zero-order valence-electron chi connectivity index (χ0n) is 10.5. The molecule has 0 aliphatic carbocycles. The van der Waals surface area contributed by atoms with Crippen molar-refractivity contribution in [3.8, 4) is 0 Å². The molecule has 2 heterocycles. The van der Waals surface area contributed by atoms with Gasteiger partial charge in [0, 0.05) is 13.1 Å². The number of nitrogens with zero attached hydrogens (tertiary/aromatic N) is 2. The molecule has 2 N–H and O–H groups in total. The summed E-state index contributed by atoms with van der Waals surface area (Å²) in [6, 6.07) is 0. The monoisotopic (exact) mass is 279 g/mol. The first-order chi connectivity index (χ1) is 8.79. The van der Waals surface area contributed by atoms with Crippen LogP contribution < -0.4 is 5.73 Å². The standard InChI is InChI=1S/C11H16F3N3O2/c1-6-3-2-4-17(5-6)10-16-8(11(12,13)14)7(19-10)9(15)18/h6-7,10H,2-5H2,1H3,(H2,15,18).